The molecule has 0 unspecified atom stereocenters. The van der Waals surface area contributed by atoms with Crippen LogP contribution in [0.1, 0.15) is 5.56 Å². The number of ether oxygens (including phenoxy) is 1. The first-order chi connectivity index (χ1) is 12.7. The molecule has 138 valence electrons. The van der Waals surface area contributed by atoms with E-state index in [1.54, 1.807) is 12.1 Å². The third-order valence-electron chi connectivity index (χ3n) is 4.37. The summed E-state index contributed by atoms with van der Waals surface area (Å²) in [5, 5.41) is 2.87. The van der Waals surface area contributed by atoms with Gasteiger partial charge in [-0.3, -0.25) is 4.90 Å². The topological polar surface area (TPSA) is 44.8 Å². The molecule has 5 nitrogen and oxygen atoms in total. The highest BCUT2D eigenvalue weighted by Crippen LogP contribution is 2.11. The van der Waals surface area contributed by atoms with Gasteiger partial charge in [0.1, 0.15) is 18.2 Å². The van der Waals surface area contributed by atoms with Crippen molar-refractivity contribution in [2.24, 2.45) is 0 Å². The lowest BCUT2D eigenvalue weighted by atomic mass is 10.2. The van der Waals surface area contributed by atoms with E-state index in [0.717, 1.165) is 32.7 Å². The molecule has 0 aliphatic carbocycles. The van der Waals surface area contributed by atoms with E-state index in [1.165, 1.54) is 17.7 Å². The number of nitrogens with one attached hydrogen (secondary N) is 1. The van der Waals surface area contributed by atoms with Crippen LogP contribution >= 0.6 is 0 Å². The maximum absolute atomic E-state index is 12.8. The normalized spacial score (nSPS) is 14.9. The van der Waals surface area contributed by atoms with Gasteiger partial charge in [0.15, 0.2) is 0 Å². The molecule has 3 rings (SSSR count). The Morgan fingerprint density at radius 2 is 1.69 bits per heavy atom. The third kappa shape index (κ3) is 5.46. The van der Waals surface area contributed by atoms with Crippen molar-refractivity contribution in [3.8, 4) is 5.75 Å². The largest absolute Gasteiger partial charge is 0.492 e. The lowest BCUT2D eigenvalue weighted by molar-refractivity contribution is 0.134. The molecule has 6 heteroatoms. The maximum atomic E-state index is 12.8. The number of urea groups is 1. The fourth-order valence-corrected chi connectivity index (χ4v) is 2.92. The quantitative estimate of drug-likeness (QED) is 0.809. The highest BCUT2D eigenvalue weighted by Gasteiger charge is 2.20. The Bertz CT molecular complexity index is 686. The van der Waals surface area contributed by atoms with Gasteiger partial charge in [0.05, 0.1) is 6.54 Å². The minimum atomic E-state index is -0.294. The van der Waals surface area contributed by atoms with Gasteiger partial charge in [-0.15, -0.1) is 0 Å². The van der Waals surface area contributed by atoms with Gasteiger partial charge in [-0.2, -0.15) is 0 Å². The average molecular weight is 357 g/mol. The molecule has 0 bridgehead atoms. The van der Waals surface area contributed by atoms with Crippen molar-refractivity contribution in [1.82, 2.24) is 15.1 Å². The molecule has 1 fully saturated rings. The molecule has 1 heterocycles. The van der Waals surface area contributed by atoms with Crippen molar-refractivity contribution in [1.29, 1.82) is 0 Å². The van der Waals surface area contributed by atoms with E-state index >= 15 is 0 Å². The Labute approximate surface area is 153 Å². The maximum Gasteiger partial charge on any atom is 0.317 e. The zero-order chi connectivity index (χ0) is 18.2. The molecule has 0 aromatic heterocycles. The lowest BCUT2D eigenvalue weighted by Crippen LogP contribution is -2.51. The van der Waals surface area contributed by atoms with E-state index in [2.05, 4.69) is 22.3 Å². The second-order valence-corrected chi connectivity index (χ2v) is 6.28. The Balaban J connectivity index is 1.32. The van der Waals surface area contributed by atoms with Gasteiger partial charge >= 0.3 is 6.03 Å². The number of hydrogen-bond acceptors (Lipinski definition) is 3. The Morgan fingerprint density at radius 1 is 1.00 bits per heavy atom. The van der Waals surface area contributed by atoms with Gasteiger partial charge in [-0.25, -0.2) is 9.18 Å². The highest BCUT2D eigenvalue weighted by atomic mass is 19.1. The summed E-state index contributed by atoms with van der Waals surface area (Å²) in [4.78, 5) is 16.4. The van der Waals surface area contributed by atoms with Crippen LogP contribution in [0.5, 0.6) is 5.75 Å². The van der Waals surface area contributed by atoms with Crippen LogP contribution in [0.15, 0.2) is 54.6 Å². The number of carbonyl (C=O) groups is 1. The zero-order valence-corrected chi connectivity index (χ0v) is 14.7. The molecule has 1 aliphatic rings. The second kappa shape index (κ2) is 9.20. The standard InChI is InChI=1S/C20H24FN3O2/c21-18-6-8-19(9-7-18)26-15-10-22-20(25)24-13-11-23(12-14-24)16-17-4-2-1-3-5-17/h1-9H,10-16H2,(H,22,25). The number of hydrogen-bond donors (Lipinski definition) is 1. The van der Waals surface area contributed by atoms with E-state index in [1.807, 2.05) is 23.1 Å². The summed E-state index contributed by atoms with van der Waals surface area (Å²) in [6.07, 6.45) is 0. The van der Waals surface area contributed by atoms with Gasteiger partial charge in [-0.05, 0) is 29.8 Å². The molecule has 1 N–H and O–H groups in total. The van der Waals surface area contributed by atoms with Crippen LogP contribution in [0, 0.1) is 5.82 Å². The van der Waals surface area contributed by atoms with Crippen molar-refractivity contribution in [3.63, 3.8) is 0 Å². The third-order valence-corrected chi connectivity index (χ3v) is 4.37. The summed E-state index contributed by atoms with van der Waals surface area (Å²) >= 11 is 0. The van der Waals surface area contributed by atoms with Gasteiger partial charge in [0, 0.05) is 32.7 Å². The van der Waals surface area contributed by atoms with Crippen LogP contribution in [0.4, 0.5) is 9.18 Å². The van der Waals surface area contributed by atoms with E-state index in [9.17, 15) is 9.18 Å². The summed E-state index contributed by atoms with van der Waals surface area (Å²) in [7, 11) is 0. The predicted octanol–water partition coefficient (Wildman–Crippen LogP) is 2.73. The molecule has 2 aromatic carbocycles. The van der Waals surface area contributed by atoms with Crippen LogP contribution in [-0.2, 0) is 6.54 Å². The van der Waals surface area contributed by atoms with Crippen molar-refractivity contribution in [2.75, 3.05) is 39.3 Å². The second-order valence-electron chi connectivity index (χ2n) is 6.28. The number of carbonyl (C=O) groups excluding carboxylic acids is 1. The smallest absolute Gasteiger partial charge is 0.317 e. The van der Waals surface area contributed by atoms with Crippen molar-refractivity contribution < 1.29 is 13.9 Å². The molecule has 26 heavy (non-hydrogen) atoms. The molecular formula is C20H24FN3O2. The fourth-order valence-electron chi connectivity index (χ4n) is 2.92. The van der Waals surface area contributed by atoms with E-state index in [0.29, 0.717) is 18.9 Å². The minimum Gasteiger partial charge on any atom is -0.492 e. The van der Waals surface area contributed by atoms with Gasteiger partial charge < -0.3 is 15.0 Å². The van der Waals surface area contributed by atoms with Crippen molar-refractivity contribution in [3.05, 3.63) is 66.0 Å². The summed E-state index contributed by atoms with van der Waals surface area (Å²) < 4.78 is 18.3. The lowest BCUT2D eigenvalue weighted by Gasteiger charge is -2.34. The predicted molar refractivity (Wildman–Crippen MR) is 98.6 cm³/mol. The first-order valence-electron chi connectivity index (χ1n) is 8.88. The van der Waals surface area contributed by atoms with Gasteiger partial charge in [-0.1, -0.05) is 30.3 Å². The zero-order valence-electron chi connectivity index (χ0n) is 14.7. The summed E-state index contributed by atoms with van der Waals surface area (Å²) in [5.41, 5.74) is 1.29. The highest BCUT2D eigenvalue weighted by molar-refractivity contribution is 5.74. The molecule has 1 aliphatic heterocycles. The van der Waals surface area contributed by atoms with Crippen molar-refractivity contribution in [2.45, 2.75) is 6.54 Å². The number of piperazine rings is 1. The van der Waals surface area contributed by atoms with Gasteiger partial charge in [0.25, 0.3) is 0 Å². The van der Waals surface area contributed by atoms with Gasteiger partial charge in [0.2, 0.25) is 0 Å². The van der Waals surface area contributed by atoms with Crippen LogP contribution in [0.2, 0.25) is 0 Å². The molecule has 0 atom stereocenters. The van der Waals surface area contributed by atoms with Crippen LogP contribution in [0.3, 0.4) is 0 Å². The number of nitrogens with zero attached hydrogens (tertiary/aromatic N) is 2. The first kappa shape index (κ1) is 18.2. The SMILES string of the molecule is O=C(NCCOc1ccc(F)cc1)N1CCN(Cc2ccccc2)CC1. The molecule has 0 radical (unpaired) electrons. The Kier molecular flexibility index (Phi) is 6.44. The molecule has 0 saturated carbocycles. The molecular weight excluding hydrogens is 333 g/mol. The Hall–Kier alpha value is -2.60. The van der Waals surface area contributed by atoms with Crippen LogP contribution in [0.25, 0.3) is 0 Å². The molecule has 2 aromatic rings. The fraction of sp³-hybridized carbons (Fsp3) is 0.350. The molecule has 1 saturated heterocycles. The summed E-state index contributed by atoms with van der Waals surface area (Å²) in [6.45, 7) is 4.87. The first-order valence-corrected chi connectivity index (χ1v) is 8.88. The average Bonchev–Trinajstić information content (AvgIpc) is 2.68. The number of rotatable bonds is 6. The molecule has 2 amide bonds. The summed E-state index contributed by atoms with van der Waals surface area (Å²) in [6, 6.07) is 16.1. The van der Waals surface area contributed by atoms with E-state index in [4.69, 9.17) is 4.74 Å². The summed E-state index contributed by atoms with van der Waals surface area (Å²) in [5.74, 6) is 0.298. The van der Waals surface area contributed by atoms with E-state index < -0.39 is 0 Å². The monoisotopic (exact) mass is 357 g/mol. The van der Waals surface area contributed by atoms with E-state index in [-0.39, 0.29) is 11.8 Å². The number of benzene rings is 2. The van der Waals surface area contributed by atoms with Crippen LogP contribution < -0.4 is 10.1 Å². The Morgan fingerprint density at radius 3 is 2.38 bits per heavy atom. The molecule has 0 spiro atoms. The van der Waals surface area contributed by atoms with Crippen LogP contribution in [-0.4, -0.2) is 55.2 Å². The minimum absolute atomic E-state index is 0.0629. The number of amides is 2. The number of halogens is 1. The van der Waals surface area contributed by atoms with Crippen molar-refractivity contribution >= 4 is 6.03 Å².